The number of hydrogen-bond donors (Lipinski definition) is 0. The number of rotatable bonds is 11. The van der Waals surface area contributed by atoms with Crippen LogP contribution in [0.1, 0.15) is 45.1 Å². The highest BCUT2D eigenvalue weighted by atomic mass is 19.1. The van der Waals surface area contributed by atoms with Gasteiger partial charge in [0.25, 0.3) is 0 Å². The fraction of sp³-hybridized carbons (Fsp3) is 0.0227. The van der Waals surface area contributed by atoms with Crippen molar-refractivity contribution in [1.82, 2.24) is 0 Å². The van der Waals surface area contributed by atoms with Gasteiger partial charge in [0.1, 0.15) is 17.1 Å². The Morgan fingerprint density at radius 1 is 0.571 bits per heavy atom. The van der Waals surface area contributed by atoms with Crippen molar-refractivity contribution in [1.29, 1.82) is 0 Å². The van der Waals surface area contributed by atoms with Gasteiger partial charge < -0.3 is 23.7 Å². The zero-order valence-electron chi connectivity index (χ0n) is 29.5. The lowest BCUT2D eigenvalue weighted by Crippen LogP contribution is -2.12. The van der Waals surface area contributed by atoms with Crippen molar-refractivity contribution in [3.05, 3.63) is 175 Å². The van der Waals surface area contributed by atoms with Crippen molar-refractivity contribution in [2.24, 2.45) is 0 Å². The number of esters is 5. The van der Waals surface area contributed by atoms with Crippen LogP contribution < -0.4 is 18.9 Å². The Bertz CT molecular complexity index is 2370. The molecule has 0 spiro atoms. The molecule has 0 aliphatic carbocycles. The fourth-order valence-corrected chi connectivity index (χ4v) is 4.21. The van der Waals surface area contributed by atoms with Crippen molar-refractivity contribution in [3.63, 3.8) is 0 Å². The van der Waals surface area contributed by atoms with Crippen LogP contribution in [0.3, 0.4) is 0 Å². The Morgan fingerprint density at radius 2 is 0.982 bits per heavy atom. The van der Waals surface area contributed by atoms with Crippen molar-refractivity contribution < 1.29 is 56.4 Å². The number of halogens is 2. The summed E-state index contributed by atoms with van der Waals surface area (Å²) in [4.78, 5) is 60.1. The average Bonchev–Trinajstić information content (AvgIpc) is 3.19. The summed E-state index contributed by atoms with van der Waals surface area (Å²) in [6.45, 7) is 14.2. The summed E-state index contributed by atoms with van der Waals surface area (Å²) in [5, 5.41) is 0. The summed E-state index contributed by atoms with van der Waals surface area (Å²) in [5.74, 6) is 2.90. The van der Waals surface area contributed by atoms with Crippen molar-refractivity contribution in [3.8, 4) is 46.7 Å². The van der Waals surface area contributed by atoms with Crippen molar-refractivity contribution >= 4 is 35.4 Å². The van der Waals surface area contributed by atoms with E-state index in [1.165, 1.54) is 66.9 Å². The summed E-state index contributed by atoms with van der Waals surface area (Å²) in [5.41, 5.74) is 2.07. The average molecular weight is 755 g/mol. The van der Waals surface area contributed by atoms with E-state index in [0.29, 0.717) is 28.0 Å². The molecule has 0 radical (unpaired) electrons. The van der Waals surface area contributed by atoms with Gasteiger partial charge in [-0.25, -0.2) is 24.0 Å². The van der Waals surface area contributed by atoms with E-state index in [0.717, 1.165) is 12.2 Å². The molecular formula is C44H28F2O10. The van der Waals surface area contributed by atoms with E-state index in [-0.39, 0.29) is 22.4 Å². The lowest BCUT2D eigenvalue weighted by molar-refractivity contribution is -0.132. The van der Waals surface area contributed by atoms with E-state index in [9.17, 15) is 32.8 Å². The van der Waals surface area contributed by atoms with Crippen LogP contribution in [0, 0.1) is 23.7 Å². The number of carbonyl (C=O) groups excluding carboxylic acids is 5. The van der Waals surface area contributed by atoms with Crippen LogP contribution in [0.2, 0.25) is 0 Å². The van der Waals surface area contributed by atoms with E-state index < -0.39 is 53.0 Å². The highest BCUT2D eigenvalue weighted by Crippen LogP contribution is 2.32. The molecule has 0 unspecified atom stereocenters. The highest BCUT2D eigenvalue weighted by Gasteiger charge is 2.20. The first-order valence-electron chi connectivity index (χ1n) is 16.0. The second kappa shape index (κ2) is 19.1. The van der Waals surface area contributed by atoms with Crippen LogP contribution in [0.4, 0.5) is 8.78 Å². The van der Waals surface area contributed by atoms with Gasteiger partial charge in [-0.05, 0) is 90.9 Å². The molecule has 0 fully saturated rings. The summed E-state index contributed by atoms with van der Waals surface area (Å²) >= 11 is 0. The number of benzene rings is 4. The van der Waals surface area contributed by atoms with Gasteiger partial charge in [0.05, 0.1) is 11.8 Å². The topological polar surface area (TPSA) is 132 Å². The summed E-state index contributed by atoms with van der Waals surface area (Å²) in [6, 6.07) is 20.8. The SMILES string of the molecule is C=CC(=O)Oc1ccc(C#Cc2c(OC(=O)C(=C)F)cc(C#Cc3ccc(C(=O)O/C=C(\C)c4ccc(OC(=O)C=C)cc4)cc3)cc2OC(=O)C(=C)F)cc1. The predicted octanol–water partition coefficient (Wildman–Crippen LogP) is 7.66. The van der Waals surface area contributed by atoms with Crippen LogP contribution in [0.15, 0.2) is 141 Å². The largest absolute Gasteiger partial charge is 0.431 e. The smallest absolute Gasteiger partial charge is 0.371 e. The maximum Gasteiger partial charge on any atom is 0.371 e. The van der Waals surface area contributed by atoms with Gasteiger partial charge in [-0.3, -0.25) is 0 Å². The molecule has 10 nitrogen and oxygen atoms in total. The lowest BCUT2D eigenvalue weighted by atomic mass is 10.1. The fourth-order valence-electron chi connectivity index (χ4n) is 4.21. The molecular weight excluding hydrogens is 726 g/mol. The molecule has 0 saturated heterocycles. The third-order valence-electron chi connectivity index (χ3n) is 6.99. The molecule has 4 rings (SSSR count). The third-order valence-corrected chi connectivity index (χ3v) is 6.99. The first kappa shape index (κ1) is 40.7. The minimum atomic E-state index is -1.49. The second-order valence-corrected chi connectivity index (χ2v) is 11.0. The Balaban J connectivity index is 1.60. The molecule has 0 bridgehead atoms. The van der Waals surface area contributed by atoms with Gasteiger partial charge in [0, 0.05) is 28.8 Å². The molecule has 4 aromatic carbocycles. The third kappa shape index (κ3) is 11.7. The van der Waals surface area contributed by atoms with Crippen molar-refractivity contribution in [2.75, 3.05) is 0 Å². The van der Waals surface area contributed by atoms with Crippen LogP contribution in [-0.2, 0) is 23.9 Å². The van der Waals surface area contributed by atoms with E-state index >= 15 is 0 Å². The first-order valence-corrected chi connectivity index (χ1v) is 16.0. The zero-order valence-corrected chi connectivity index (χ0v) is 29.5. The number of carbonyl (C=O) groups is 5. The van der Waals surface area contributed by atoms with E-state index in [1.54, 1.807) is 31.2 Å². The standard InChI is InChI=1S/C44H28F2O10/c1-6-40(47)53-35-19-12-31(13-20-35)14-23-37-38(55-42(49)28(4)45)24-32(25-39(37)56-43(50)29(5)46)9-8-30-10-15-34(16-11-30)44(51)52-26-27(3)33-17-21-36(22-18-33)54-41(48)7-2/h6-7,10-13,15-22,24-26H,1-2,4-5H2,3H3/b27-26+. The molecule has 0 saturated carbocycles. The van der Waals surface area contributed by atoms with Crippen LogP contribution in [0.25, 0.3) is 5.57 Å². The minimum Gasteiger partial charge on any atom is -0.431 e. The van der Waals surface area contributed by atoms with Crippen molar-refractivity contribution in [2.45, 2.75) is 6.92 Å². The molecule has 0 aliphatic heterocycles. The molecule has 0 amide bonds. The first-order chi connectivity index (χ1) is 26.8. The van der Waals surface area contributed by atoms with Gasteiger partial charge in [-0.2, -0.15) is 8.78 Å². The van der Waals surface area contributed by atoms with E-state index in [2.05, 4.69) is 50.0 Å². The van der Waals surface area contributed by atoms with Crippen LogP contribution in [-0.4, -0.2) is 29.8 Å². The highest BCUT2D eigenvalue weighted by molar-refractivity contribution is 5.91. The van der Waals surface area contributed by atoms with E-state index in [4.69, 9.17) is 23.7 Å². The van der Waals surface area contributed by atoms with Gasteiger partial charge in [-0.15, -0.1) is 0 Å². The molecule has 0 heterocycles. The second-order valence-electron chi connectivity index (χ2n) is 11.0. The molecule has 0 atom stereocenters. The molecule has 12 heteroatoms. The molecule has 4 aromatic rings. The van der Waals surface area contributed by atoms with Gasteiger partial charge in [0.15, 0.2) is 11.5 Å². The zero-order chi connectivity index (χ0) is 40.8. The predicted molar refractivity (Wildman–Crippen MR) is 200 cm³/mol. The summed E-state index contributed by atoms with van der Waals surface area (Å²) in [7, 11) is 0. The van der Waals surface area contributed by atoms with Gasteiger partial charge in [0.2, 0.25) is 11.7 Å². The Morgan fingerprint density at radius 3 is 1.45 bits per heavy atom. The Kier molecular flexibility index (Phi) is 13.9. The molecule has 56 heavy (non-hydrogen) atoms. The van der Waals surface area contributed by atoms with Gasteiger partial charge >= 0.3 is 29.8 Å². The quantitative estimate of drug-likeness (QED) is 0.0494. The number of allylic oxidation sites excluding steroid dienone is 1. The van der Waals surface area contributed by atoms with Gasteiger partial charge in [-0.1, -0.05) is 62.1 Å². The van der Waals surface area contributed by atoms with Crippen LogP contribution >= 0.6 is 0 Å². The molecule has 278 valence electrons. The van der Waals surface area contributed by atoms with Crippen LogP contribution in [0.5, 0.6) is 23.0 Å². The molecule has 0 aliphatic rings. The summed E-state index contributed by atoms with van der Waals surface area (Å²) < 4.78 is 53.2. The normalized spacial score (nSPS) is 10.2. The molecule has 0 N–H and O–H groups in total. The maximum atomic E-state index is 13.7. The van der Waals surface area contributed by atoms with E-state index in [1.807, 2.05) is 0 Å². The number of hydrogen-bond acceptors (Lipinski definition) is 10. The minimum absolute atomic E-state index is 0.0551. The number of ether oxygens (including phenoxy) is 5. The molecule has 0 aromatic heterocycles. The lowest BCUT2D eigenvalue weighted by Gasteiger charge is -2.11. The maximum absolute atomic E-state index is 13.7. The summed E-state index contributed by atoms with van der Waals surface area (Å²) in [6.07, 6.45) is 3.31. The Hall–Kier alpha value is -8.09. The Labute approximate surface area is 319 Å². The monoisotopic (exact) mass is 754 g/mol.